The zero-order valence-electron chi connectivity index (χ0n) is 10.6. The standard InChI is InChI=1S/C15H22O/c1-4-6-10-13(5-2)15(16)14-11-8-7-9-12(14)3/h7-9,11,13H,4-6,10H2,1-3H3. The monoisotopic (exact) mass is 218 g/mol. The lowest BCUT2D eigenvalue weighted by molar-refractivity contribution is 0.0907. The van der Waals surface area contributed by atoms with Crippen molar-refractivity contribution in [3.63, 3.8) is 0 Å². The van der Waals surface area contributed by atoms with E-state index < -0.39 is 0 Å². The molecule has 0 radical (unpaired) electrons. The van der Waals surface area contributed by atoms with Gasteiger partial charge >= 0.3 is 0 Å². The molecule has 0 saturated carbocycles. The second-order valence-corrected chi connectivity index (χ2v) is 4.43. The molecule has 0 spiro atoms. The van der Waals surface area contributed by atoms with E-state index in [9.17, 15) is 4.79 Å². The zero-order valence-corrected chi connectivity index (χ0v) is 10.6. The highest BCUT2D eigenvalue weighted by Crippen LogP contribution is 2.20. The summed E-state index contributed by atoms with van der Waals surface area (Å²) in [6.07, 6.45) is 4.29. The molecule has 0 aliphatic heterocycles. The lowest BCUT2D eigenvalue weighted by atomic mass is 9.89. The Hall–Kier alpha value is -1.11. The number of carbonyl (C=O) groups excluding carboxylic acids is 1. The van der Waals surface area contributed by atoms with Crippen LogP contribution in [0.25, 0.3) is 0 Å². The second kappa shape index (κ2) is 6.47. The van der Waals surface area contributed by atoms with Gasteiger partial charge in [-0.3, -0.25) is 4.79 Å². The predicted octanol–water partition coefficient (Wildman–Crippen LogP) is 4.39. The van der Waals surface area contributed by atoms with Crippen molar-refractivity contribution in [1.82, 2.24) is 0 Å². The maximum absolute atomic E-state index is 12.3. The summed E-state index contributed by atoms with van der Waals surface area (Å²) in [5, 5.41) is 0. The molecule has 0 heterocycles. The molecular weight excluding hydrogens is 196 g/mol. The molecule has 1 rings (SSSR count). The van der Waals surface area contributed by atoms with Crippen LogP contribution in [-0.4, -0.2) is 5.78 Å². The number of hydrogen-bond donors (Lipinski definition) is 0. The summed E-state index contributed by atoms with van der Waals surface area (Å²) in [6, 6.07) is 7.90. The van der Waals surface area contributed by atoms with Crippen LogP contribution in [0.5, 0.6) is 0 Å². The van der Waals surface area contributed by atoms with E-state index in [0.717, 1.165) is 36.8 Å². The zero-order chi connectivity index (χ0) is 12.0. The first-order chi connectivity index (χ1) is 7.70. The Morgan fingerprint density at radius 3 is 2.50 bits per heavy atom. The molecule has 1 atom stereocenters. The Morgan fingerprint density at radius 2 is 1.94 bits per heavy atom. The molecule has 1 aromatic rings. The highest BCUT2D eigenvalue weighted by molar-refractivity contribution is 5.99. The van der Waals surface area contributed by atoms with E-state index in [-0.39, 0.29) is 5.92 Å². The van der Waals surface area contributed by atoms with Crippen molar-refractivity contribution in [1.29, 1.82) is 0 Å². The van der Waals surface area contributed by atoms with Gasteiger partial charge in [-0.1, -0.05) is 51.0 Å². The summed E-state index contributed by atoms with van der Waals surface area (Å²) in [5.41, 5.74) is 2.01. The summed E-state index contributed by atoms with van der Waals surface area (Å²) < 4.78 is 0. The average molecular weight is 218 g/mol. The van der Waals surface area contributed by atoms with Gasteiger partial charge in [-0.2, -0.15) is 0 Å². The topological polar surface area (TPSA) is 17.1 Å². The third-order valence-electron chi connectivity index (χ3n) is 3.18. The molecule has 1 aromatic carbocycles. The van der Waals surface area contributed by atoms with Crippen molar-refractivity contribution >= 4 is 5.78 Å². The highest BCUT2D eigenvalue weighted by atomic mass is 16.1. The predicted molar refractivity (Wildman–Crippen MR) is 68.8 cm³/mol. The lowest BCUT2D eigenvalue weighted by Crippen LogP contribution is -2.15. The van der Waals surface area contributed by atoms with Crippen molar-refractivity contribution in [2.24, 2.45) is 5.92 Å². The van der Waals surface area contributed by atoms with Gasteiger partial charge in [-0.25, -0.2) is 0 Å². The van der Waals surface area contributed by atoms with Gasteiger partial charge in [-0.05, 0) is 25.3 Å². The highest BCUT2D eigenvalue weighted by Gasteiger charge is 2.18. The number of aryl methyl sites for hydroxylation is 1. The van der Waals surface area contributed by atoms with Gasteiger partial charge in [0.2, 0.25) is 0 Å². The minimum absolute atomic E-state index is 0.209. The van der Waals surface area contributed by atoms with Gasteiger partial charge in [0.25, 0.3) is 0 Å². The van der Waals surface area contributed by atoms with Crippen molar-refractivity contribution in [2.75, 3.05) is 0 Å². The molecule has 0 fully saturated rings. The van der Waals surface area contributed by atoms with Crippen LogP contribution in [0.15, 0.2) is 24.3 Å². The Labute approximate surface area is 98.9 Å². The molecule has 88 valence electrons. The third kappa shape index (κ3) is 3.19. The van der Waals surface area contributed by atoms with E-state index in [4.69, 9.17) is 0 Å². The molecule has 0 aliphatic carbocycles. The first kappa shape index (κ1) is 13.0. The van der Waals surface area contributed by atoms with Crippen LogP contribution in [0.1, 0.15) is 55.5 Å². The average Bonchev–Trinajstić information content (AvgIpc) is 2.30. The number of ketones is 1. The number of unbranched alkanes of at least 4 members (excludes halogenated alkanes) is 1. The summed E-state index contributed by atoms with van der Waals surface area (Å²) in [7, 11) is 0. The van der Waals surface area contributed by atoms with E-state index in [0.29, 0.717) is 5.78 Å². The Morgan fingerprint density at radius 1 is 1.25 bits per heavy atom. The maximum atomic E-state index is 12.3. The maximum Gasteiger partial charge on any atom is 0.166 e. The third-order valence-corrected chi connectivity index (χ3v) is 3.18. The van der Waals surface area contributed by atoms with Gasteiger partial charge < -0.3 is 0 Å². The van der Waals surface area contributed by atoms with Gasteiger partial charge in [0, 0.05) is 11.5 Å². The molecule has 1 heteroatoms. The molecule has 0 aliphatic rings. The summed E-state index contributed by atoms with van der Waals surface area (Å²) >= 11 is 0. The lowest BCUT2D eigenvalue weighted by Gasteiger charge is -2.14. The summed E-state index contributed by atoms with van der Waals surface area (Å²) in [5.74, 6) is 0.537. The molecule has 0 amide bonds. The second-order valence-electron chi connectivity index (χ2n) is 4.43. The van der Waals surface area contributed by atoms with Crippen LogP contribution in [0.2, 0.25) is 0 Å². The molecule has 0 bridgehead atoms. The molecule has 1 nitrogen and oxygen atoms in total. The Kier molecular flexibility index (Phi) is 5.24. The Balaban J connectivity index is 2.79. The van der Waals surface area contributed by atoms with Crippen molar-refractivity contribution in [3.8, 4) is 0 Å². The summed E-state index contributed by atoms with van der Waals surface area (Å²) in [4.78, 5) is 12.3. The molecular formula is C15H22O. The smallest absolute Gasteiger partial charge is 0.166 e. The van der Waals surface area contributed by atoms with Crippen molar-refractivity contribution < 1.29 is 4.79 Å². The van der Waals surface area contributed by atoms with Gasteiger partial charge in [0.05, 0.1) is 0 Å². The van der Waals surface area contributed by atoms with E-state index in [1.54, 1.807) is 0 Å². The van der Waals surface area contributed by atoms with Gasteiger partial charge in [-0.15, -0.1) is 0 Å². The normalized spacial score (nSPS) is 12.4. The first-order valence-corrected chi connectivity index (χ1v) is 6.30. The van der Waals surface area contributed by atoms with Crippen molar-refractivity contribution in [2.45, 2.75) is 46.5 Å². The molecule has 0 aromatic heterocycles. The minimum Gasteiger partial charge on any atom is -0.294 e. The van der Waals surface area contributed by atoms with Crippen LogP contribution in [0.4, 0.5) is 0 Å². The fraction of sp³-hybridized carbons (Fsp3) is 0.533. The van der Waals surface area contributed by atoms with Gasteiger partial charge in [0.15, 0.2) is 5.78 Å². The number of rotatable bonds is 6. The molecule has 1 unspecified atom stereocenters. The molecule has 0 saturated heterocycles. The number of Topliss-reactive ketones (excluding diaryl/α,β-unsaturated/α-hetero) is 1. The van der Waals surface area contributed by atoms with E-state index in [2.05, 4.69) is 13.8 Å². The van der Waals surface area contributed by atoms with Crippen LogP contribution in [0.3, 0.4) is 0 Å². The largest absolute Gasteiger partial charge is 0.294 e. The Bertz CT molecular complexity index is 341. The van der Waals surface area contributed by atoms with Crippen LogP contribution in [-0.2, 0) is 0 Å². The van der Waals surface area contributed by atoms with Gasteiger partial charge in [0.1, 0.15) is 0 Å². The molecule has 0 N–H and O–H groups in total. The minimum atomic E-state index is 0.209. The van der Waals surface area contributed by atoms with Crippen LogP contribution >= 0.6 is 0 Å². The SMILES string of the molecule is CCCCC(CC)C(=O)c1ccccc1C. The van der Waals surface area contributed by atoms with Crippen molar-refractivity contribution in [3.05, 3.63) is 35.4 Å². The van der Waals surface area contributed by atoms with Crippen LogP contribution < -0.4 is 0 Å². The van der Waals surface area contributed by atoms with Crippen LogP contribution in [0, 0.1) is 12.8 Å². The number of hydrogen-bond acceptors (Lipinski definition) is 1. The first-order valence-electron chi connectivity index (χ1n) is 6.30. The fourth-order valence-electron chi connectivity index (χ4n) is 2.04. The molecule has 16 heavy (non-hydrogen) atoms. The number of carbonyl (C=O) groups is 1. The van der Waals surface area contributed by atoms with E-state index >= 15 is 0 Å². The fourth-order valence-corrected chi connectivity index (χ4v) is 2.04. The van der Waals surface area contributed by atoms with E-state index in [1.807, 2.05) is 31.2 Å². The summed E-state index contributed by atoms with van der Waals surface area (Å²) in [6.45, 7) is 6.29. The number of benzene rings is 1. The van der Waals surface area contributed by atoms with E-state index in [1.165, 1.54) is 0 Å². The quantitative estimate of drug-likeness (QED) is 0.647.